The Hall–Kier alpha value is -3.98. The first-order valence-electron chi connectivity index (χ1n) is 13.8. The van der Waals surface area contributed by atoms with Crippen LogP contribution in [0.1, 0.15) is 33.6 Å². The van der Waals surface area contributed by atoms with Crippen molar-refractivity contribution in [3.8, 4) is 27.2 Å². The normalized spacial score (nSPS) is 15.4. The number of rotatable bonds is 5. The molecule has 1 atom stereocenters. The highest BCUT2D eigenvalue weighted by Crippen LogP contribution is 2.66. The zero-order valence-corrected chi connectivity index (χ0v) is 27.3. The SMILES string of the molecule is CC#N.Cc1sc(-c2ccccc2)nc1C1=C(c2nc(-c3ccccc3)sc2C)[P@@](=S)(c2ccccc2)c2ccccc21. The monoisotopic (exact) mass is 629 g/mol. The Labute approximate surface area is 265 Å². The molecule has 210 valence electrons. The molecule has 3 nitrogen and oxygen atoms in total. The topological polar surface area (TPSA) is 49.6 Å². The molecule has 7 rings (SSSR count). The lowest BCUT2D eigenvalue weighted by Crippen LogP contribution is -2.15. The number of hydrogen-bond acceptors (Lipinski definition) is 6. The van der Waals surface area contributed by atoms with E-state index in [2.05, 4.69) is 117 Å². The van der Waals surface area contributed by atoms with Crippen molar-refractivity contribution in [3.05, 3.63) is 142 Å². The van der Waals surface area contributed by atoms with E-state index in [0.717, 1.165) is 38.1 Å². The zero-order chi connectivity index (χ0) is 30.0. The van der Waals surface area contributed by atoms with Gasteiger partial charge in [0.25, 0.3) is 0 Å². The Kier molecular flexibility index (Phi) is 8.34. The smallest absolute Gasteiger partial charge is 0.124 e. The third-order valence-corrected chi connectivity index (χ3v) is 14.2. The van der Waals surface area contributed by atoms with Crippen molar-refractivity contribution in [1.82, 2.24) is 9.97 Å². The summed E-state index contributed by atoms with van der Waals surface area (Å²) in [7, 11) is 0. The minimum atomic E-state index is -2.43. The number of thiazole rings is 2. The number of nitriles is 1. The second-order valence-electron chi connectivity index (χ2n) is 9.99. The van der Waals surface area contributed by atoms with E-state index in [9.17, 15) is 0 Å². The van der Waals surface area contributed by atoms with E-state index in [1.807, 2.05) is 12.1 Å². The van der Waals surface area contributed by atoms with E-state index in [1.165, 1.54) is 38.2 Å². The summed E-state index contributed by atoms with van der Waals surface area (Å²) < 4.78 is 0. The first-order chi connectivity index (χ1) is 21.0. The van der Waals surface area contributed by atoms with Gasteiger partial charge in [0.15, 0.2) is 0 Å². The summed E-state index contributed by atoms with van der Waals surface area (Å²) in [5.74, 6) is 0. The minimum absolute atomic E-state index is 1.01. The van der Waals surface area contributed by atoms with Crippen molar-refractivity contribution >= 4 is 62.0 Å². The van der Waals surface area contributed by atoms with Crippen LogP contribution in [0, 0.1) is 25.2 Å². The van der Waals surface area contributed by atoms with Crippen LogP contribution in [-0.2, 0) is 11.8 Å². The summed E-state index contributed by atoms with van der Waals surface area (Å²) >= 11 is 10.4. The van der Waals surface area contributed by atoms with Crippen molar-refractivity contribution in [2.75, 3.05) is 0 Å². The average Bonchev–Trinajstić information content (AvgIpc) is 3.70. The molecule has 0 N–H and O–H groups in total. The molecule has 43 heavy (non-hydrogen) atoms. The molecule has 7 heteroatoms. The van der Waals surface area contributed by atoms with Crippen LogP contribution >= 0.6 is 28.7 Å². The van der Waals surface area contributed by atoms with Gasteiger partial charge in [-0.2, -0.15) is 5.26 Å². The van der Waals surface area contributed by atoms with Gasteiger partial charge < -0.3 is 0 Å². The summed E-state index contributed by atoms with van der Waals surface area (Å²) in [6.07, 6.45) is 0. The second kappa shape index (κ2) is 12.3. The minimum Gasteiger partial charge on any atom is -0.236 e. The molecule has 1 aliphatic heterocycles. The van der Waals surface area contributed by atoms with E-state index >= 15 is 0 Å². The average molecular weight is 630 g/mol. The van der Waals surface area contributed by atoms with E-state index in [4.69, 9.17) is 27.0 Å². The largest absolute Gasteiger partial charge is 0.236 e. The number of benzene rings is 4. The van der Waals surface area contributed by atoms with Gasteiger partial charge in [-0.3, -0.25) is 0 Å². The fourth-order valence-electron chi connectivity index (χ4n) is 5.43. The Balaban J connectivity index is 0.00000105. The highest BCUT2D eigenvalue weighted by Gasteiger charge is 2.42. The van der Waals surface area contributed by atoms with Gasteiger partial charge in [0.1, 0.15) is 10.0 Å². The second-order valence-corrected chi connectivity index (χ2v) is 16.7. The molecule has 0 radical (unpaired) electrons. The van der Waals surface area contributed by atoms with Crippen LogP contribution < -0.4 is 10.6 Å². The van der Waals surface area contributed by atoms with Crippen LogP contribution in [0.2, 0.25) is 0 Å². The van der Waals surface area contributed by atoms with Crippen molar-refractivity contribution in [1.29, 1.82) is 5.26 Å². The lowest BCUT2D eigenvalue weighted by Gasteiger charge is -2.22. The summed E-state index contributed by atoms with van der Waals surface area (Å²) in [6, 6.07) is 39.6. The van der Waals surface area contributed by atoms with Crippen molar-refractivity contribution in [2.45, 2.75) is 20.8 Å². The predicted molar refractivity (Wildman–Crippen MR) is 188 cm³/mol. The maximum Gasteiger partial charge on any atom is 0.124 e. The molecule has 0 aliphatic carbocycles. The molecule has 0 saturated carbocycles. The molecule has 6 aromatic rings. The van der Waals surface area contributed by atoms with Gasteiger partial charge in [0.05, 0.1) is 17.5 Å². The van der Waals surface area contributed by atoms with Crippen LogP contribution in [-0.4, -0.2) is 9.97 Å². The first kappa shape index (κ1) is 29.1. The van der Waals surface area contributed by atoms with Crippen molar-refractivity contribution in [3.63, 3.8) is 0 Å². The summed E-state index contributed by atoms with van der Waals surface area (Å²) in [5, 5.41) is 12.9. The molecule has 2 aromatic heterocycles. The standard InChI is InChI=1S/C34H25N2PS3.C2H3N/c1-22-30(35-33(39-22)24-14-6-3-7-15-24)29-27-20-12-13-21-28(27)37(38,26-18-10-5-11-19-26)32(29)31-23(2)40-34(36-31)25-16-8-4-9-17-25;1-2-3/h3-21H,1-2H3;1H3/t37-;/m1./s1. The summed E-state index contributed by atoms with van der Waals surface area (Å²) in [5.41, 5.74) is 6.62. The quantitative estimate of drug-likeness (QED) is 0.178. The van der Waals surface area contributed by atoms with Gasteiger partial charge in [-0.25, -0.2) is 9.97 Å². The fourth-order valence-corrected chi connectivity index (χ4v) is 12.0. The van der Waals surface area contributed by atoms with E-state index in [0.29, 0.717) is 0 Å². The molecule has 3 heterocycles. The first-order valence-corrected chi connectivity index (χ1v) is 18.3. The number of fused-ring (bicyclic) bond motifs is 1. The number of nitrogens with zero attached hydrogens (tertiary/aromatic N) is 3. The maximum atomic E-state index is 7.32. The van der Waals surface area contributed by atoms with E-state index in [1.54, 1.807) is 28.7 Å². The molecule has 0 amide bonds. The molecule has 0 spiro atoms. The molecular formula is C36H28N3PS3. The maximum absolute atomic E-state index is 7.32. The molecule has 0 bridgehead atoms. The highest BCUT2D eigenvalue weighted by atomic mass is 32.4. The van der Waals surface area contributed by atoms with Crippen LogP contribution in [0.4, 0.5) is 0 Å². The predicted octanol–water partition coefficient (Wildman–Crippen LogP) is 9.44. The van der Waals surface area contributed by atoms with Gasteiger partial charge in [0.2, 0.25) is 0 Å². The molecule has 0 unspecified atom stereocenters. The van der Waals surface area contributed by atoms with E-state index in [-0.39, 0.29) is 0 Å². The molecule has 0 fully saturated rings. The Bertz CT molecular complexity index is 2040. The lowest BCUT2D eigenvalue weighted by atomic mass is 10.0. The third kappa shape index (κ3) is 5.24. The Morgan fingerprint density at radius 2 is 1.09 bits per heavy atom. The number of aryl methyl sites for hydroxylation is 2. The van der Waals surface area contributed by atoms with Crippen molar-refractivity contribution < 1.29 is 0 Å². The number of hydrogen-bond donors (Lipinski definition) is 0. The molecule has 0 saturated heterocycles. The van der Waals surface area contributed by atoms with Crippen LogP contribution in [0.15, 0.2) is 115 Å². The van der Waals surface area contributed by atoms with Gasteiger partial charge in [-0.1, -0.05) is 127 Å². The van der Waals surface area contributed by atoms with Gasteiger partial charge in [-0.05, 0) is 24.7 Å². The Morgan fingerprint density at radius 3 is 1.65 bits per heavy atom. The van der Waals surface area contributed by atoms with Crippen molar-refractivity contribution in [2.24, 2.45) is 0 Å². The molecule has 1 aliphatic rings. The molecule has 4 aromatic carbocycles. The van der Waals surface area contributed by atoms with E-state index < -0.39 is 6.04 Å². The third-order valence-electron chi connectivity index (χ3n) is 7.28. The van der Waals surface area contributed by atoms with Crippen LogP contribution in [0.25, 0.3) is 32.0 Å². The van der Waals surface area contributed by atoms with Gasteiger partial charge in [0, 0.05) is 50.0 Å². The summed E-state index contributed by atoms with van der Waals surface area (Å²) in [4.78, 5) is 13.0. The zero-order valence-electron chi connectivity index (χ0n) is 24.0. The lowest BCUT2D eigenvalue weighted by molar-refractivity contribution is 1.30. The highest BCUT2D eigenvalue weighted by molar-refractivity contribution is 8.27. The fraction of sp³-hybridized carbons (Fsp3) is 0.0833. The van der Waals surface area contributed by atoms with Crippen LogP contribution in [0.3, 0.4) is 0 Å². The summed E-state index contributed by atoms with van der Waals surface area (Å²) in [6.45, 7) is 5.79. The molecular weight excluding hydrogens is 602 g/mol. The van der Waals surface area contributed by atoms with Gasteiger partial charge in [-0.15, -0.1) is 22.7 Å². The Morgan fingerprint density at radius 1 is 0.651 bits per heavy atom. The van der Waals surface area contributed by atoms with Crippen LogP contribution in [0.5, 0.6) is 0 Å². The van der Waals surface area contributed by atoms with Gasteiger partial charge >= 0.3 is 0 Å². The number of aromatic nitrogens is 2.